The van der Waals surface area contributed by atoms with Gasteiger partial charge in [-0.15, -0.1) is 0 Å². The number of amides is 3. The number of nitrogens with one attached hydrogen (secondary N) is 2. The molecule has 5 aliphatic rings. The van der Waals surface area contributed by atoms with Crippen LogP contribution in [0.5, 0.6) is 0 Å². The van der Waals surface area contributed by atoms with Gasteiger partial charge >= 0.3 is 18.1 Å². The Balaban J connectivity index is 0.965. The Hall–Kier alpha value is -4.35. The van der Waals surface area contributed by atoms with E-state index in [9.17, 15) is 22.8 Å². The molecule has 0 radical (unpaired) electrons. The van der Waals surface area contributed by atoms with Gasteiger partial charge in [-0.1, -0.05) is 24.6 Å². The van der Waals surface area contributed by atoms with Crippen molar-refractivity contribution >= 4 is 33.6 Å². The lowest BCUT2D eigenvalue weighted by Crippen LogP contribution is -2.65. The maximum atomic E-state index is 16.4. The average molecular weight is 887 g/mol. The van der Waals surface area contributed by atoms with Gasteiger partial charge in [0.2, 0.25) is 0 Å². The second kappa shape index (κ2) is 19.6. The Morgan fingerprint density at radius 2 is 1.71 bits per heavy atom. The van der Waals surface area contributed by atoms with Crippen molar-refractivity contribution < 1.29 is 45.4 Å². The summed E-state index contributed by atoms with van der Waals surface area (Å²) in [7, 11) is -2.64. The number of urea groups is 1. The number of alkyl halides is 1. The van der Waals surface area contributed by atoms with E-state index in [1.165, 1.54) is 42.4 Å². The monoisotopic (exact) mass is 886 g/mol. The van der Waals surface area contributed by atoms with Crippen LogP contribution in [0.4, 0.5) is 28.4 Å². The topological polar surface area (TPSA) is 141 Å². The highest BCUT2D eigenvalue weighted by atomic mass is 32.2. The third-order valence-electron chi connectivity index (χ3n) is 13.8. The first-order valence-corrected chi connectivity index (χ1v) is 23.7. The summed E-state index contributed by atoms with van der Waals surface area (Å²) in [4.78, 5) is 44.2. The van der Waals surface area contributed by atoms with Crippen molar-refractivity contribution in [1.29, 1.82) is 0 Å². The van der Waals surface area contributed by atoms with Crippen molar-refractivity contribution in [1.82, 2.24) is 25.3 Å². The lowest BCUT2D eigenvalue weighted by molar-refractivity contribution is -0.137. The van der Waals surface area contributed by atoms with Crippen LogP contribution >= 0.6 is 0 Å². The lowest BCUT2D eigenvalue weighted by Gasteiger charge is -2.54. The normalized spacial score (nSPS) is 24.5. The zero-order valence-corrected chi connectivity index (χ0v) is 36.7. The fraction of sp³-hybridized carbons (Fsp3) is 0.622. The summed E-state index contributed by atoms with van der Waals surface area (Å²) in [5, 5.41) is 4.83. The van der Waals surface area contributed by atoms with Gasteiger partial charge in [-0.3, -0.25) is 4.90 Å². The van der Waals surface area contributed by atoms with Crippen LogP contribution in [0.15, 0.2) is 59.5 Å². The first-order chi connectivity index (χ1) is 29.7. The number of carbonyl (C=O) groups excluding carboxylic acids is 3. The first kappa shape index (κ1) is 45.7. The zero-order valence-electron chi connectivity index (χ0n) is 35.8. The maximum Gasteiger partial charge on any atom is 0.407 e. The van der Waals surface area contributed by atoms with Gasteiger partial charge in [-0.2, -0.15) is 0 Å². The second-order valence-corrected chi connectivity index (χ2v) is 20.0. The predicted octanol–water partition coefficient (Wildman–Crippen LogP) is 5.44. The molecular formula is C45H61F3N6O7S. The smallest absolute Gasteiger partial charge is 0.407 e. The van der Waals surface area contributed by atoms with Gasteiger partial charge in [-0.05, 0) is 126 Å². The van der Waals surface area contributed by atoms with Gasteiger partial charge < -0.3 is 34.8 Å². The van der Waals surface area contributed by atoms with Crippen molar-refractivity contribution in [3.05, 3.63) is 71.8 Å². The lowest BCUT2D eigenvalue weighted by atomic mass is 9.57. The summed E-state index contributed by atoms with van der Waals surface area (Å²) in [6.07, 6.45) is 8.25. The predicted molar refractivity (Wildman–Crippen MR) is 228 cm³/mol. The Morgan fingerprint density at radius 3 is 2.39 bits per heavy atom. The van der Waals surface area contributed by atoms with Crippen LogP contribution in [0, 0.1) is 23.5 Å². The molecule has 2 N–H and O–H groups in total. The third-order valence-corrected chi connectivity index (χ3v) is 16.0. The number of methoxy groups -OCH3 is 1. The minimum atomic E-state index is -4.00. The van der Waals surface area contributed by atoms with Crippen LogP contribution in [0.1, 0.15) is 63.9 Å². The van der Waals surface area contributed by atoms with E-state index in [4.69, 9.17) is 9.47 Å². The number of piperidine rings is 2. The van der Waals surface area contributed by atoms with E-state index in [2.05, 4.69) is 20.4 Å². The van der Waals surface area contributed by atoms with Gasteiger partial charge in [0.05, 0.1) is 42.6 Å². The molecule has 1 aliphatic carbocycles. The number of ether oxygens (including phenoxy) is 2. The fourth-order valence-corrected chi connectivity index (χ4v) is 12.5. The molecule has 17 heteroatoms. The Bertz CT molecular complexity index is 2060. The first-order valence-electron chi connectivity index (χ1n) is 22.1. The minimum Gasteiger partial charge on any atom is -0.463 e. The van der Waals surface area contributed by atoms with Crippen molar-refractivity contribution in [2.45, 2.75) is 85.6 Å². The molecule has 7 rings (SSSR count). The van der Waals surface area contributed by atoms with E-state index < -0.39 is 50.1 Å². The molecule has 1 unspecified atom stereocenters. The summed E-state index contributed by atoms with van der Waals surface area (Å²) >= 11 is 0. The second-order valence-electron chi connectivity index (χ2n) is 17.7. The molecule has 13 nitrogen and oxygen atoms in total. The molecule has 340 valence electrons. The third kappa shape index (κ3) is 10.0. The van der Waals surface area contributed by atoms with Gasteiger partial charge in [0.25, 0.3) is 0 Å². The van der Waals surface area contributed by atoms with Crippen molar-refractivity contribution in [3.63, 3.8) is 0 Å². The number of benzene rings is 2. The number of hydrogen-bond donors (Lipinski definition) is 2. The largest absolute Gasteiger partial charge is 0.463 e. The molecule has 1 saturated carbocycles. The molecule has 0 bridgehead atoms. The number of rotatable bonds is 15. The summed E-state index contributed by atoms with van der Waals surface area (Å²) in [5.74, 6) is -1.35. The van der Waals surface area contributed by atoms with Crippen molar-refractivity contribution in [2.75, 3.05) is 90.6 Å². The number of likely N-dealkylation sites (tertiary alicyclic amines) is 3. The van der Waals surface area contributed by atoms with E-state index in [0.717, 1.165) is 69.8 Å². The van der Waals surface area contributed by atoms with Crippen molar-refractivity contribution in [3.8, 4) is 0 Å². The molecule has 5 fully saturated rings. The van der Waals surface area contributed by atoms with Crippen LogP contribution < -0.4 is 15.5 Å². The molecule has 2 aromatic carbocycles. The van der Waals surface area contributed by atoms with E-state index in [0.29, 0.717) is 32.5 Å². The summed E-state index contributed by atoms with van der Waals surface area (Å²) in [6, 6.07) is 10.1. The summed E-state index contributed by atoms with van der Waals surface area (Å²) in [5.41, 5.74) is -0.951. The van der Waals surface area contributed by atoms with Crippen LogP contribution in [0.25, 0.3) is 0 Å². The fourth-order valence-electron chi connectivity index (χ4n) is 10.7. The number of carbonyl (C=O) groups is 3. The molecule has 4 atom stereocenters. The number of hydrogen-bond acceptors (Lipinski definition) is 10. The maximum absolute atomic E-state index is 16.4. The number of esters is 1. The van der Waals surface area contributed by atoms with Crippen LogP contribution in [0.2, 0.25) is 0 Å². The number of anilines is 1. The number of alkyl carbamates (subject to hydrolysis) is 1. The standard InChI is InChI=1S/C45H61F3N6O7S/c1-3-61-41(55)14-6-19-49-42(56)53-22-7-11-36(27-53)62(58,59)35-15-16-40(38(47)26-35)54-29-44(48,30-54)28-52-23-17-32(18-24-52)45(31-51-20-8-21-51,33-9-4-10-34(46)25-33)37-12-5-13-39(37)50-43(57)60-2/h4,6,9-10,14-16,25-26,32,36-37,39H,3,5,7-8,11-13,17-24,27-31H2,1-2H3,(H,49,56)(H,50,57)/b14-6+/t36-,37+,39+,45?/m1/s1. The van der Waals surface area contributed by atoms with Gasteiger partial charge in [0, 0.05) is 50.3 Å². The minimum absolute atomic E-state index is 0.0389. The molecular weight excluding hydrogens is 826 g/mol. The molecule has 4 aliphatic heterocycles. The SMILES string of the molecule is CCOC(=O)/C=C/CNC(=O)N1CCC[C@@H](S(=O)(=O)c2ccc(N3CC(F)(CN4CCC(C(CN5CCC5)(c5cccc(F)c5)[C@H]5CCC[C@@H]5NC(=O)OC)CC4)C3)c(F)c2)C1. The molecule has 4 heterocycles. The van der Waals surface area contributed by atoms with E-state index >= 15 is 13.2 Å². The summed E-state index contributed by atoms with van der Waals surface area (Å²) in [6.45, 7) is 6.35. The number of nitrogens with zero attached hydrogens (tertiary/aromatic N) is 4. The molecule has 3 amide bonds. The van der Waals surface area contributed by atoms with Crippen molar-refractivity contribution in [2.24, 2.45) is 11.8 Å². The Morgan fingerprint density at radius 1 is 0.935 bits per heavy atom. The number of halogens is 3. The van der Waals surface area contributed by atoms with Crippen LogP contribution in [-0.4, -0.2) is 144 Å². The Kier molecular flexibility index (Phi) is 14.4. The molecule has 4 saturated heterocycles. The molecule has 2 aromatic rings. The van der Waals surface area contributed by atoms with Gasteiger partial charge in [0.1, 0.15) is 11.6 Å². The molecule has 62 heavy (non-hydrogen) atoms. The zero-order chi connectivity index (χ0) is 44.1. The van der Waals surface area contributed by atoms with Crippen LogP contribution in [-0.2, 0) is 29.5 Å². The van der Waals surface area contributed by atoms with Gasteiger partial charge in [-0.25, -0.2) is 36.0 Å². The Labute approximate surface area is 363 Å². The van der Waals surface area contributed by atoms with Gasteiger partial charge in [0.15, 0.2) is 15.5 Å². The highest BCUT2D eigenvalue weighted by Crippen LogP contribution is 2.52. The molecule has 0 aromatic heterocycles. The highest BCUT2D eigenvalue weighted by molar-refractivity contribution is 7.92. The van der Waals surface area contributed by atoms with Crippen LogP contribution in [0.3, 0.4) is 0 Å². The summed E-state index contributed by atoms with van der Waals surface area (Å²) < 4.78 is 84.3. The van der Waals surface area contributed by atoms with E-state index in [1.54, 1.807) is 24.0 Å². The van der Waals surface area contributed by atoms with E-state index in [1.807, 2.05) is 6.07 Å². The highest BCUT2D eigenvalue weighted by Gasteiger charge is 2.54. The average Bonchev–Trinajstić information content (AvgIpc) is 3.70. The number of sulfone groups is 1. The molecule has 0 spiro atoms. The quantitative estimate of drug-likeness (QED) is 0.176. The van der Waals surface area contributed by atoms with E-state index in [-0.39, 0.29) is 73.6 Å².